The smallest absolute Gasteiger partial charge is 0.219 e. The van der Waals surface area contributed by atoms with Gasteiger partial charge in [-0.2, -0.15) is 4.31 Å². The Balaban J connectivity index is 2.20. The van der Waals surface area contributed by atoms with Crippen LogP contribution in [0.15, 0.2) is 66.7 Å². The van der Waals surface area contributed by atoms with E-state index < -0.39 is 22.4 Å². The molecular weight excluding hydrogens is 522 g/mol. The van der Waals surface area contributed by atoms with Gasteiger partial charge < -0.3 is 28.4 Å². The molecule has 0 radical (unpaired) electrons. The van der Waals surface area contributed by atoms with Crippen LogP contribution in [0.3, 0.4) is 0 Å². The SMILES string of the molecule is COc1ccc(CC(c2cc(OC)c(OC)c(OC)c2)N(CC(OC)OC)S(=O)(=O)Cc2ccccc2)cc1. The minimum atomic E-state index is -3.89. The first-order valence-electron chi connectivity index (χ1n) is 12.3. The van der Waals surface area contributed by atoms with Crippen molar-refractivity contribution >= 4 is 10.0 Å². The second-order valence-corrected chi connectivity index (χ2v) is 10.7. The molecule has 1 atom stereocenters. The quantitative estimate of drug-likeness (QED) is 0.252. The number of hydrogen-bond acceptors (Lipinski definition) is 8. The predicted molar refractivity (Wildman–Crippen MR) is 149 cm³/mol. The summed E-state index contributed by atoms with van der Waals surface area (Å²) in [6, 6.07) is 19.4. The first-order valence-corrected chi connectivity index (χ1v) is 13.9. The van der Waals surface area contributed by atoms with Crippen LogP contribution >= 0.6 is 0 Å². The van der Waals surface area contributed by atoms with Crippen LogP contribution < -0.4 is 18.9 Å². The largest absolute Gasteiger partial charge is 0.497 e. The van der Waals surface area contributed by atoms with Crippen LogP contribution in [0.1, 0.15) is 22.7 Å². The molecule has 10 heteroatoms. The summed E-state index contributed by atoms with van der Waals surface area (Å²) < 4.78 is 62.6. The molecule has 0 amide bonds. The zero-order valence-corrected chi connectivity index (χ0v) is 24.1. The summed E-state index contributed by atoms with van der Waals surface area (Å²) in [6.45, 7) is -0.0420. The molecule has 3 aromatic rings. The normalized spacial score (nSPS) is 12.4. The van der Waals surface area contributed by atoms with Gasteiger partial charge in [0.2, 0.25) is 15.8 Å². The van der Waals surface area contributed by atoms with Gasteiger partial charge in [-0.3, -0.25) is 0 Å². The molecule has 9 nitrogen and oxygen atoms in total. The molecule has 0 spiro atoms. The van der Waals surface area contributed by atoms with E-state index in [2.05, 4.69) is 0 Å². The first kappa shape index (κ1) is 30.2. The molecule has 0 fully saturated rings. The van der Waals surface area contributed by atoms with Crippen molar-refractivity contribution in [2.24, 2.45) is 0 Å². The number of hydrogen-bond donors (Lipinski definition) is 0. The van der Waals surface area contributed by atoms with E-state index in [1.165, 1.54) is 39.9 Å². The Morgan fingerprint density at radius 3 is 1.79 bits per heavy atom. The van der Waals surface area contributed by atoms with Gasteiger partial charge >= 0.3 is 0 Å². The van der Waals surface area contributed by atoms with E-state index in [0.29, 0.717) is 40.5 Å². The average molecular weight is 560 g/mol. The highest BCUT2D eigenvalue weighted by atomic mass is 32.2. The van der Waals surface area contributed by atoms with Crippen molar-refractivity contribution in [3.8, 4) is 23.0 Å². The fourth-order valence-electron chi connectivity index (χ4n) is 4.36. The maximum atomic E-state index is 14.1. The molecule has 0 aliphatic rings. The molecule has 0 bridgehead atoms. The van der Waals surface area contributed by atoms with Crippen LogP contribution in [0.4, 0.5) is 0 Å². The van der Waals surface area contributed by atoms with Gasteiger partial charge in [-0.25, -0.2) is 8.42 Å². The van der Waals surface area contributed by atoms with Gasteiger partial charge in [-0.05, 0) is 47.4 Å². The molecule has 0 saturated carbocycles. The molecule has 0 heterocycles. The van der Waals surface area contributed by atoms with E-state index in [9.17, 15) is 8.42 Å². The summed E-state index contributed by atoms with van der Waals surface area (Å²) in [7, 11) is 5.24. The van der Waals surface area contributed by atoms with E-state index in [4.69, 9.17) is 28.4 Å². The molecule has 3 rings (SSSR count). The zero-order chi connectivity index (χ0) is 28.4. The van der Waals surface area contributed by atoms with Crippen LogP contribution in [-0.4, -0.2) is 68.2 Å². The predicted octanol–water partition coefficient (Wildman–Crippen LogP) is 4.46. The van der Waals surface area contributed by atoms with E-state index in [1.54, 1.807) is 31.4 Å². The summed E-state index contributed by atoms with van der Waals surface area (Å²) in [6.07, 6.45) is -0.451. The highest BCUT2D eigenvalue weighted by Crippen LogP contribution is 2.42. The summed E-state index contributed by atoms with van der Waals surface area (Å²) in [4.78, 5) is 0. The lowest BCUT2D eigenvalue weighted by molar-refractivity contribution is -0.110. The molecule has 0 aliphatic carbocycles. The number of rotatable bonds is 15. The Morgan fingerprint density at radius 1 is 0.718 bits per heavy atom. The summed E-state index contributed by atoms with van der Waals surface area (Å²) in [5, 5.41) is 0. The third-order valence-electron chi connectivity index (χ3n) is 6.41. The minimum Gasteiger partial charge on any atom is -0.497 e. The summed E-state index contributed by atoms with van der Waals surface area (Å²) in [5.41, 5.74) is 2.23. The average Bonchev–Trinajstić information content (AvgIpc) is 2.96. The molecule has 3 aromatic carbocycles. The van der Waals surface area contributed by atoms with E-state index in [0.717, 1.165) is 5.56 Å². The number of ether oxygens (including phenoxy) is 6. The van der Waals surface area contributed by atoms with Crippen molar-refractivity contribution in [2.45, 2.75) is 24.5 Å². The van der Waals surface area contributed by atoms with Crippen molar-refractivity contribution in [1.29, 1.82) is 0 Å². The number of nitrogens with zero attached hydrogens (tertiary/aromatic N) is 1. The van der Waals surface area contributed by atoms with E-state index >= 15 is 0 Å². The third-order valence-corrected chi connectivity index (χ3v) is 8.23. The van der Waals surface area contributed by atoms with E-state index in [1.807, 2.05) is 42.5 Å². The lowest BCUT2D eigenvalue weighted by Crippen LogP contribution is -2.42. The van der Waals surface area contributed by atoms with Crippen LogP contribution in [0, 0.1) is 0 Å². The molecule has 0 aromatic heterocycles. The maximum Gasteiger partial charge on any atom is 0.219 e. The van der Waals surface area contributed by atoms with Gasteiger partial charge in [-0.15, -0.1) is 0 Å². The Morgan fingerprint density at radius 2 is 1.31 bits per heavy atom. The fraction of sp³-hybridized carbons (Fsp3) is 0.379. The molecule has 212 valence electrons. The van der Waals surface area contributed by atoms with Crippen LogP contribution in [-0.2, 0) is 31.7 Å². The van der Waals surface area contributed by atoms with Gasteiger partial charge in [0.1, 0.15) is 5.75 Å². The Kier molecular flexibility index (Phi) is 11.0. The van der Waals surface area contributed by atoms with Gasteiger partial charge in [0, 0.05) is 14.2 Å². The highest BCUT2D eigenvalue weighted by molar-refractivity contribution is 7.88. The summed E-state index contributed by atoms with van der Waals surface area (Å²) >= 11 is 0. The Hall–Kier alpha value is -3.31. The van der Waals surface area contributed by atoms with Gasteiger partial charge in [0.05, 0.1) is 46.8 Å². The highest BCUT2D eigenvalue weighted by Gasteiger charge is 2.35. The van der Waals surface area contributed by atoms with Crippen molar-refractivity contribution in [1.82, 2.24) is 4.31 Å². The molecule has 39 heavy (non-hydrogen) atoms. The minimum absolute atomic E-state index is 0.0420. The van der Waals surface area contributed by atoms with Gasteiger partial charge in [0.25, 0.3) is 0 Å². The summed E-state index contributed by atoms with van der Waals surface area (Å²) in [5.74, 6) is 1.76. The van der Waals surface area contributed by atoms with Crippen molar-refractivity contribution in [3.05, 3.63) is 83.4 Å². The van der Waals surface area contributed by atoms with Crippen LogP contribution in [0.25, 0.3) is 0 Å². The molecule has 0 N–H and O–H groups in total. The Bertz CT molecular complexity index is 1250. The van der Waals surface area contributed by atoms with Gasteiger partial charge in [-0.1, -0.05) is 42.5 Å². The second-order valence-electron chi connectivity index (χ2n) is 8.74. The number of methoxy groups -OCH3 is 6. The number of sulfonamides is 1. The number of benzene rings is 3. The van der Waals surface area contributed by atoms with Crippen LogP contribution in [0.2, 0.25) is 0 Å². The molecule has 0 saturated heterocycles. The topological polar surface area (TPSA) is 92.8 Å². The van der Waals surface area contributed by atoms with Crippen molar-refractivity contribution < 1.29 is 36.8 Å². The zero-order valence-electron chi connectivity index (χ0n) is 23.2. The Labute approximate surface area is 231 Å². The maximum absolute atomic E-state index is 14.1. The first-order chi connectivity index (χ1) is 18.8. The lowest BCUT2D eigenvalue weighted by atomic mass is 9.97. The van der Waals surface area contributed by atoms with Crippen molar-refractivity contribution in [2.75, 3.05) is 49.2 Å². The van der Waals surface area contributed by atoms with Crippen LogP contribution in [0.5, 0.6) is 23.0 Å². The van der Waals surface area contributed by atoms with Crippen molar-refractivity contribution in [3.63, 3.8) is 0 Å². The van der Waals surface area contributed by atoms with Gasteiger partial charge in [0.15, 0.2) is 17.8 Å². The standard InChI is InChI=1S/C29H37NO8S/c1-33-24-14-12-21(13-15-24)16-25(23-17-26(34-2)29(38-6)27(18-23)35-3)30(19-28(36-4)37-5)39(31,32)20-22-10-8-7-9-11-22/h7-15,17-18,25,28H,16,19-20H2,1-6H3. The third kappa shape index (κ3) is 7.63. The van der Waals surface area contributed by atoms with E-state index in [-0.39, 0.29) is 12.3 Å². The monoisotopic (exact) mass is 559 g/mol. The molecular formula is C29H37NO8S. The molecule has 0 aliphatic heterocycles. The molecule has 1 unspecified atom stereocenters. The fourth-order valence-corrected chi connectivity index (χ4v) is 6.07. The second kappa shape index (κ2) is 14.2. The lowest BCUT2D eigenvalue weighted by Gasteiger charge is -2.34.